The van der Waals surface area contributed by atoms with Gasteiger partial charge in [-0.25, -0.2) is 0 Å². The Morgan fingerprint density at radius 1 is 1.07 bits per heavy atom. The molecule has 1 fully saturated rings. The number of benzene rings is 1. The monoisotopic (exact) mass is 200 g/mol. The number of hydrogen-bond donors (Lipinski definition) is 0. The molecule has 1 heterocycles. The van der Waals surface area contributed by atoms with Gasteiger partial charge in [0.05, 0.1) is 5.92 Å². The van der Waals surface area contributed by atoms with Crippen molar-refractivity contribution in [3.8, 4) is 0 Å². The summed E-state index contributed by atoms with van der Waals surface area (Å²) in [4.78, 5) is 0. The summed E-state index contributed by atoms with van der Waals surface area (Å²) in [6.07, 6.45) is 7.79. The van der Waals surface area contributed by atoms with Crippen molar-refractivity contribution in [1.82, 2.24) is 0 Å². The molecule has 1 aliphatic heterocycles. The first-order valence-corrected chi connectivity index (χ1v) is 5.87. The summed E-state index contributed by atoms with van der Waals surface area (Å²) in [7, 11) is 0. The number of ether oxygens (including phenoxy) is 1. The molecule has 2 atom stereocenters. The highest BCUT2D eigenvalue weighted by Crippen LogP contribution is 2.47. The van der Waals surface area contributed by atoms with Crippen LogP contribution in [0.1, 0.15) is 37.4 Å². The van der Waals surface area contributed by atoms with Crippen molar-refractivity contribution >= 4 is 0 Å². The first-order chi connectivity index (χ1) is 7.45. The molecular weight excluding hydrogens is 184 g/mol. The Bertz CT molecular complexity index is 366. The largest absolute Gasteiger partial charge is 0.489 e. The summed E-state index contributed by atoms with van der Waals surface area (Å²) in [5.41, 5.74) is 1.33. The lowest BCUT2D eigenvalue weighted by atomic mass is 9.86. The molecule has 0 aromatic heterocycles. The van der Waals surface area contributed by atoms with Gasteiger partial charge in [0.15, 0.2) is 0 Å². The van der Waals surface area contributed by atoms with Crippen LogP contribution >= 0.6 is 0 Å². The molecule has 1 heteroatoms. The molecule has 0 spiro atoms. The highest BCUT2D eigenvalue weighted by Gasteiger charge is 2.39. The minimum Gasteiger partial charge on any atom is -0.489 e. The average Bonchev–Trinajstić information content (AvgIpc) is 2.43. The van der Waals surface area contributed by atoms with Crippen LogP contribution in [-0.4, -0.2) is 0 Å². The van der Waals surface area contributed by atoms with Crippen molar-refractivity contribution in [3.63, 3.8) is 0 Å². The van der Waals surface area contributed by atoms with E-state index in [4.69, 9.17) is 4.74 Å². The van der Waals surface area contributed by atoms with Gasteiger partial charge in [-0.2, -0.15) is 0 Å². The second kappa shape index (κ2) is 3.73. The zero-order valence-corrected chi connectivity index (χ0v) is 8.86. The van der Waals surface area contributed by atoms with E-state index in [1.807, 2.05) is 0 Å². The lowest BCUT2D eigenvalue weighted by molar-refractivity contribution is -0.0490. The molecule has 1 aromatic rings. The van der Waals surface area contributed by atoms with E-state index in [-0.39, 0.29) is 0 Å². The number of allylic oxidation sites excluding steroid dienone is 1. The Morgan fingerprint density at radius 3 is 2.80 bits per heavy atom. The van der Waals surface area contributed by atoms with E-state index < -0.39 is 0 Å². The summed E-state index contributed by atoms with van der Waals surface area (Å²) in [6.45, 7) is 0. The lowest BCUT2D eigenvalue weighted by Gasteiger charge is -2.40. The molecule has 2 aliphatic rings. The van der Waals surface area contributed by atoms with Crippen LogP contribution in [0.25, 0.3) is 0 Å². The van der Waals surface area contributed by atoms with Crippen LogP contribution in [0.2, 0.25) is 0 Å². The van der Waals surface area contributed by atoms with Crippen molar-refractivity contribution in [2.75, 3.05) is 0 Å². The Labute approximate surface area is 90.8 Å². The first-order valence-electron chi connectivity index (χ1n) is 5.87. The normalized spacial score (nSPS) is 29.2. The second-order valence-corrected chi connectivity index (χ2v) is 4.45. The van der Waals surface area contributed by atoms with Gasteiger partial charge in [0.2, 0.25) is 0 Å². The average molecular weight is 200 g/mol. The van der Waals surface area contributed by atoms with Crippen LogP contribution in [0, 0.1) is 5.92 Å². The van der Waals surface area contributed by atoms with Gasteiger partial charge in [-0.15, -0.1) is 0 Å². The third-order valence-corrected chi connectivity index (χ3v) is 3.44. The van der Waals surface area contributed by atoms with Crippen LogP contribution in [-0.2, 0) is 4.74 Å². The van der Waals surface area contributed by atoms with E-state index in [1.165, 1.54) is 37.0 Å². The Morgan fingerprint density at radius 2 is 1.93 bits per heavy atom. The lowest BCUT2D eigenvalue weighted by Crippen LogP contribution is -2.29. The number of hydrogen-bond acceptors (Lipinski definition) is 1. The van der Waals surface area contributed by atoms with Crippen LogP contribution in [0.3, 0.4) is 0 Å². The van der Waals surface area contributed by atoms with E-state index >= 15 is 0 Å². The fraction of sp³-hybridized carbons (Fsp3) is 0.429. The Balaban J connectivity index is 1.81. The molecule has 1 aliphatic carbocycles. The molecule has 3 rings (SSSR count). The standard InChI is InChI=1S/C14H16O/c1-3-7-11(8-4-1)14-12-9-5-2-6-10-13(12)15-14/h1,3-4,7-8,10,12,14H,2,5-6,9H2/t12-,14+/m1/s1. The molecular formula is C14H16O. The Hall–Kier alpha value is -1.24. The van der Waals surface area contributed by atoms with Gasteiger partial charge in [-0.05, 0) is 30.9 Å². The molecule has 1 aromatic carbocycles. The van der Waals surface area contributed by atoms with Gasteiger partial charge < -0.3 is 4.74 Å². The predicted octanol–water partition coefficient (Wildman–Crippen LogP) is 3.83. The SMILES string of the molecule is C1=C2O[C@@H](c3ccccc3)[C@@H]2CCCC1. The third-order valence-electron chi connectivity index (χ3n) is 3.44. The molecule has 0 N–H and O–H groups in total. The molecule has 0 radical (unpaired) electrons. The minimum absolute atomic E-state index is 0.329. The zero-order chi connectivity index (χ0) is 10.1. The van der Waals surface area contributed by atoms with Gasteiger partial charge in [-0.3, -0.25) is 0 Å². The van der Waals surface area contributed by atoms with Crippen molar-refractivity contribution in [2.45, 2.75) is 31.8 Å². The maximum Gasteiger partial charge on any atom is 0.133 e. The molecule has 0 unspecified atom stereocenters. The van der Waals surface area contributed by atoms with Gasteiger partial charge in [0.1, 0.15) is 11.9 Å². The Kier molecular flexibility index (Phi) is 2.24. The summed E-state index contributed by atoms with van der Waals surface area (Å²) in [6, 6.07) is 10.6. The smallest absolute Gasteiger partial charge is 0.133 e. The predicted molar refractivity (Wildman–Crippen MR) is 60.3 cm³/mol. The van der Waals surface area contributed by atoms with Crippen molar-refractivity contribution in [3.05, 3.63) is 47.7 Å². The topological polar surface area (TPSA) is 9.23 Å². The summed E-state index contributed by atoms with van der Waals surface area (Å²) in [5, 5.41) is 0. The maximum absolute atomic E-state index is 5.87. The van der Waals surface area contributed by atoms with Gasteiger partial charge in [-0.1, -0.05) is 36.8 Å². The fourth-order valence-corrected chi connectivity index (χ4v) is 2.58. The van der Waals surface area contributed by atoms with Gasteiger partial charge in [0, 0.05) is 0 Å². The van der Waals surface area contributed by atoms with E-state index in [0.717, 1.165) is 0 Å². The van der Waals surface area contributed by atoms with Crippen molar-refractivity contribution in [2.24, 2.45) is 5.92 Å². The van der Waals surface area contributed by atoms with Crippen molar-refractivity contribution in [1.29, 1.82) is 0 Å². The summed E-state index contributed by atoms with van der Waals surface area (Å²) < 4.78 is 5.87. The van der Waals surface area contributed by atoms with E-state index in [9.17, 15) is 0 Å². The van der Waals surface area contributed by atoms with Crippen LogP contribution in [0.5, 0.6) is 0 Å². The molecule has 15 heavy (non-hydrogen) atoms. The third kappa shape index (κ3) is 1.56. The molecule has 0 bridgehead atoms. The van der Waals surface area contributed by atoms with Gasteiger partial charge >= 0.3 is 0 Å². The van der Waals surface area contributed by atoms with E-state index in [2.05, 4.69) is 36.4 Å². The van der Waals surface area contributed by atoms with Crippen LogP contribution in [0.4, 0.5) is 0 Å². The number of fused-ring (bicyclic) bond motifs is 1. The van der Waals surface area contributed by atoms with Gasteiger partial charge in [0.25, 0.3) is 0 Å². The summed E-state index contributed by atoms with van der Waals surface area (Å²) in [5.74, 6) is 1.91. The molecule has 0 amide bonds. The second-order valence-electron chi connectivity index (χ2n) is 4.45. The highest BCUT2D eigenvalue weighted by atomic mass is 16.5. The highest BCUT2D eigenvalue weighted by molar-refractivity contribution is 5.26. The first kappa shape index (κ1) is 9.02. The quantitative estimate of drug-likeness (QED) is 0.669. The molecule has 1 nitrogen and oxygen atoms in total. The molecule has 0 saturated carbocycles. The van der Waals surface area contributed by atoms with E-state index in [0.29, 0.717) is 12.0 Å². The van der Waals surface area contributed by atoms with Crippen LogP contribution in [0.15, 0.2) is 42.2 Å². The summed E-state index contributed by atoms with van der Waals surface area (Å²) >= 11 is 0. The maximum atomic E-state index is 5.87. The van der Waals surface area contributed by atoms with Crippen LogP contribution < -0.4 is 0 Å². The number of rotatable bonds is 1. The molecule has 1 saturated heterocycles. The fourth-order valence-electron chi connectivity index (χ4n) is 2.58. The van der Waals surface area contributed by atoms with E-state index in [1.54, 1.807) is 0 Å². The molecule has 78 valence electrons. The minimum atomic E-state index is 0.329. The zero-order valence-electron chi connectivity index (χ0n) is 8.86. The van der Waals surface area contributed by atoms with Crippen molar-refractivity contribution < 1.29 is 4.74 Å².